The van der Waals surface area contributed by atoms with E-state index in [-0.39, 0.29) is 24.9 Å². The molecule has 1 saturated heterocycles. The lowest BCUT2D eigenvalue weighted by Crippen LogP contribution is -2.52. The molecule has 1 N–H and O–H groups in total. The van der Waals surface area contributed by atoms with Crippen molar-refractivity contribution >= 4 is 12.4 Å². The van der Waals surface area contributed by atoms with E-state index in [4.69, 9.17) is 4.74 Å². The SMILES string of the molecule is Cl.FC1(F)CCC2OCCNC21. The molecule has 1 heterocycles. The van der Waals surface area contributed by atoms with Crippen LogP contribution in [0.15, 0.2) is 0 Å². The molecule has 72 valence electrons. The number of hydrogen-bond donors (Lipinski definition) is 1. The van der Waals surface area contributed by atoms with Gasteiger partial charge in [0.15, 0.2) is 0 Å². The maximum absolute atomic E-state index is 12.9. The molecule has 0 radical (unpaired) electrons. The molecule has 1 aliphatic carbocycles. The Morgan fingerprint density at radius 3 is 2.83 bits per heavy atom. The van der Waals surface area contributed by atoms with Crippen LogP contribution in [0.2, 0.25) is 0 Å². The van der Waals surface area contributed by atoms with Gasteiger partial charge in [0.05, 0.1) is 18.8 Å². The highest BCUT2D eigenvalue weighted by atomic mass is 35.5. The zero-order chi connectivity index (χ0) is 7.90. The first-order chi connectivity index (χ1) is 5.20. The molecule has 1 saturated carbocycles. The third-order valence-corrected chi connectivity index (χ3v) is 2.39. The average Bonchev–Trinajstić information content (AvgIpc) is 2.29. The predicted octanol–water partition coefficient (Wildman–Crippen LogP) is 1.19. The third-order valence-electron chi connectivity index (χ3n) is 2.39. The van der Waals surface area contributed by atoms with E-state index in [9.17, 15) is 8.78 Å². The molecule has 0 aromatic rings. The summed E-state index contributed by atoms with van der Waals surface area (Å²) in [5, 5.41) is 2.80. The van der Waals surface area contributed by atoms with Crippen molar-refractivity contribution in [1.29, 1.82) is 0 Å². The highest BCUT2D eigenvalue weighted by molar-refractivity contribution is 5.85. The summed E-state index contributed by atoms with van der Waals surface area (Å²) in [5.74, 6) is -2.55. The zero-order valence-corrected chi connectivity index (χ0v) is 7.37. The summed E-state index contributed by atoms with van der Waals surface area (Å²) in [6.45, 7) is 1.12. The van der Waals surface area contributed by atoms with Gasteiger partial charge in [0.1, 0.15) is 0 Å². The summed E-state index contributed by atoms with van der Waals surface area (Å²) in [6, 6.07) is -0.726. The Morgan fingerprint density at radius 1 is 1.42 bits per heavy atom. The Hall–Kier alpha value is 0.0700. The Labute approximate surface area is 76.1 Å². The Morgan fingerprint density at radius 2 is 2.17 bits per heavy atom. The second kappa shape index (κ2) is 3.44. The molecule has 0 amide bonds. The number of alkyl halides is 2. The highest BCUT2D eigenvalue weighted by Crippen LogP contribution is 2.37. The summed E-state index contributed by atoms with van der Waals surface area (Å²) < 4.78 is 31.1. The van der Waals surface area contributed by atoms with Crippen LogP contribution in [0.4, 0.5) is 8.78 Å². The van der Waals surface area contributed by atoms with Crippen molar-refractivity contribution in [3.63, 3.8) is 0 Å². The van der Waals surface area contributed by atoms with E-state index >= 15 is 0 Å². The van der Waals surface area contributed by atoms with Crippen molar-refractivity contribution in [2.75, 3.05) is 13.2 Å². The van der Waals surface area contributed by atoms with Crippen LogP contribution in [-0.4, -0.2) is 31.2 Å². The number of hydrogen-bond acceptors (Lipinski definition) is 2. The normalized spacial score (nSPS) is 38.5. The lowest BCUT2D eigenvalue weighted by Gasteiger charge is -2.29. The molecule has 2 fully saturated rings. The molecule has 0 aromatic heterocycles. The molecule has 2 atom stereocenters. The molecule has 2 aliphatic rings. The second-order valence-corrected chi connectivity index (χ2v) is 3.14. The fraction of sp³-hybridized carbons (Fsp3) is 1.00. The van der Waals surface area contributed by atoms with Gasteiger partial charge in [-0.2, -0.15) is 0 Å². The number of fused-ring (bicyclic) bond motifs is 1. The minimum Gasteiger partial charge on any atom is -0.375 e. The fourth-order valence-electron chi connectivity index (χ4n) is 1.81. The number of morpholine rings is 1. The van der Waals surface area contributed by atoms with Gasteiger partial charge in [0, 0.05) is 13.0 Å². The van der Waals surface area contributed by atoms with Gasteiger partial charge >= 0.3 is 0 Å². The smallest absolute Gasteiger partial charge is 0.265 e. The van der Waals surface area contributed by atoms with Crippen molar-refractivity contribution in [2.45, 2.75) is 30.9 Å². The summed E-state index contributed by atoms with van der Waals surface area (Å²) in [5.41, 5.74) is 0. The maximum Gasteiger partial charge on any atom is 0.265 e. The molecule has 0 aromatic carbocycles. The van der Waals surface area contributed by atoms with E-state index in [2.05, 4.69) is 5.32 Å². The van der Waals surface area contributed by atoms with E-state index in [1.165, 1.54) is 0 Å². The predicted molar refractivity (Wildman–Crippen MR) is 43.0 cm³/mol. The van der Waals surface area contributed by atoms with Crippen molar-refractivity contribution in [1.82, 2.24) is 5.32 Å². The van der Waals surface area contributed by atoms with Gasteiger partial charge in [-0.25, -0.2) is 8.78 Å². The number of nitrogens with one attached hydrogen (secondary N) is 1. The van der Waals surface area contributed by atoms with Gasteiger partial charge in [0.25, 0.3) is 5.92 Å². The van der Waals surface area contributed by atoms with Gasteiger partial charge in [-0.1, -0.05) is 0 Å². The maximum atomic E-state index is 12.9. The van der Waals surface area contributed by atoms with E-state index < -0.39 is 12.0 Å². The van der Waals surface area contributed by atoms with Crippen molar-refractivity contribution < 1.29 is 13.5 Å². The minimum absolute atomic E-state index is 0. The van der Waals surface area contributed by atoms with Gasteiger partial charge in [-0.05, 0) is 6.42 Å². The van der Waals surface area contributed by atoms with E-state index in [1.54, 1.807) is 0 Å². The second-order valence-electron chi connectivity index (χ2n) is 3.14. The lowest BCUT2D eigenvalue weighted by atomic mass is 10.1. The molecule has 2 rings (SSSR count). The first-order valence-corrected chi connectivity index (χ1v) is 3.93. The Kier molecular flexibility index (Phi) is 2.91. The molecular weight excluding hydrogens is 188 g/mol. The average molecular weight is 200 g/mol. The van der Waals surface area contributed by atoms with Crippen LogP contribution in [0.25, 0.3) is 0 Å². The summed E-state index contributed by atoms with van der Waals surface area (Å²) in [7, 11) is 0. The Bertz CT molecular complexity index is 167. The first-order valence-electron chi connectivity index (χ1n) is 3.93. The van der Waals surface area contributed by atoms with Crippen LogP contribution >= 0.6 is 12.4 Å². The summed E-state index contributed by atoms with van der Waals surface area (Å²) in [6.07, 6.45) is 0.207. The zero-order valence-electron chi connectivity index (χ0n) is 6.56. The molecule has 0 bridgehead atoms. The summed E-state index contributed by atoms with van der Waals surface area (Å²) in [4.78, 5) is 0. The number of rotatable bonds is 0. The van der Waals surface area contributed by atoms with Gasteiger partial charge in [-0.15, -0.1) is 12.4 Å². The van der Waals surface area contributed by atoms with Crippen LogP contribution in [0, 0.1) is 0 Å². The summed E-state index contributed by atoms with van der Waals surface area (Å²) >= 11 is 0. The van der Waals surface area contributed by atoms with Crippen LogP contribution < -0.4 is 5.32 Å². The molecule has 12 heavy (non-hydrogen) atoms. The number of halogens is 3. The van der Waals surface area contributed by atoms with Crippen molar-refractivity contribution in [2.24, 2.45) is 0 Å². The largest absolute Gasteiger partial charge is 0.375 e. The van der Waals surface area contributed by atoms with E-state index in [1.807, 2.05) is 0 Å². The van der Waals surface area contributed by atoms with Crippen LogP contribution in [0.3, 0.4) is 0 Å². The fourth-order valence-corrected chi connectivity index (χ4v) is 1.81. The number of ether oxygens (including phenoxy) is 1. The van der Waals surface area contributed by atoms with Gasteiger partial charge < -0.3 is 10.1 Å². The van der Waals surface area contributed by atoms with Crippen molar-refractivity contribution in [3.8, 4) is 0 Å². The van der Waals surface area contributed by atoms with Crippen LogP contribution in [0.5, 0.6) is 0 Å². The van der Waals surface area contributed by atoms with E-state index in [0.717, 1.165) is 0 Å². The minimum atomic E-state index is -2.55. The van der Waals surface area contributed by atoms with Crippen LogP contribution in [0.1, 0.15) is 12.8 Å². The monoisotopic (exact) mass is 199 g/mol. The molecule has 2 nitrogen and oxygen atoms in total. The molecular formula is C7H12ClF2NO. The van der Waals surface area contributed by atoms with Crippen LogP contribution in [-0.2, 0) is 4.74 Å². The standard InChI is InChI=1S/C7H11F2NO.ClH/c8-7(9)2-1-5-6(7)10-3-4-11-5;/h5-6,10H,1-4H2;1H. The quantitative estimate of drug-likeness (QED) is 0.633. The molecule has 5 heteroatoms. The molecule has 0 spiro atoms. The van der Waals surface area contributed by atoms with Gasteiger partial charge in [0.2, 0.25) is 0 Å². The topological polar surface area (TPSA) is 21.3 Å². The first kappa shape index (κ1) is 10.2. The lowest BCUT2D eigenvalue weighted by molar-refractivity contribution is -0.0723. The van der Waals surface area contributed by atoms with Gasteiger partial charge in [-0.3, -0.25) is 0 Å². The highest BCUT2D eigenvalue weighted by Gasteiger charge is 2.51. The van der Waals surface area contributed by atoms with E-state index in [0.29, 0.717) is 19.6 Å². The molecule has 1 aliphatic heterocycles. The molecule has 2 unspecified atom stereocenters. The van der Waals surface area contributed by atoms with Crippen molar-refractivity contribution in [3.05, 3.63) is 0 Å². The third kappa shape index (κ3) is 1.56. The Balaban J connectivity index is 0.000000720.